The third-order valence-corrected chi connectivity index (χ3v) is 1.82. The molecule has 63 valence electrons. The molecule has 1 rings (SSSR count). The third-order valence-electron chi connectivity index (χ3n) is 1.50. The SMILES string of the molecule is C[CH]c1ccc(Cl)c([N+](=O)[O-])c1. The van der Waals surface area contributed by atoms with Crippen LogP contribution in [0.3, 0.4) is 0 Å². The number of nitro benzene ring substituents is 1. The van der Waals surface area contributed by atoms with Crippen LogP contribution in [0, 0.1) is 16.5 Å². The van der Waals surface area contributed by atoms with Gasteiger partial charge in [0.05, 0.1) is 4.92 Å². The van der Waals surface area contributed by atoms with Gasteiger partial charge in [-0.3, -0.25) is 10.1 Å². The second kappa shape index (κ2) is 3.54. The van der Waals surface area contributed by atoms with Gasteiger partial charge in [0.2, 0.25) is 0 Å². The molecule has 12 heavy (non-hydrogen) atoms. The summed E-state index contributed by atoms with van der Waals surface area (Å²) in [6, 6.07) is 4.70. The van der Waals surface area contributed by atoms with E-state index >= 15 is 0 Å². The molecule has 0 bridgehead atoms. The van der Waals surface area contributed by atoms with Crippen molar-refractivity contribution in [3.8, 4) is 0 Å². The maximum atomic E-state index is 10.4. The maximum Gasteiger partial charge on any atom is 0.288 e. The molecule has 0 saturated carbocycles. The minimum Gasteiger partial charge on any atom is -0.258 e. The van der Waals surface area contributed by atoms with Crippen LogP contribution in [0.2, 0.25) is 5.02 Å². The van der Waals surface area contributed by atoms with E-state index in [1.54, 1.807) is 12.5 Å². The van der Waals surface area contributed by atoms with E-state index in [0.29, 0.717) is 0 Å². The molecular weight excluding hydrogens is 178 g/mol. The zero-order valence-electron chi connectivity index (χ0n) is 6.45. The molecule has 0 aliphatic carbocycles. The van der Waals surface area contributed by atoms with Crippen LogP contribution in [-0.2, 0) is 0 Å². The molecule has 0 heterocycles. The topological polar surface area (TPSA) is 43.1 Å². The Bertz CT molecular complexity index is 312. The van der Waals surface area contributed by atoms with Gasteiger partial charge in [-0.25, -0.2) is 0 Å². The summed E-state index contributed by atoms with van der Waals surface area (Å²) in [6.07, 6.45) is 1.78. The van der Waals surface area contributed by atoms with E-state index in [0.717, 1.165) is 5.56 Å². The Morgan fingerprint density at radius 1 is 1.58 bits per heavy atom. The second-order valence-electron chi connectivity index (χ2n) is 2.26. The highest BCUT2D eigenvalue weighted by atomic mass is 35.5. The van der Waals surface area contributed by atoms with Crippen molar-refractivity contribution >= 4 is 17.3 Å². The summed E-state index contributed by atoms with van der Waals surface area (Å²) in [4.78, 5) is 9.91. The van der Waals surface area contributed by atoms with Gasteiger partial charge in [0.15, 0.2) is 0 Å². The standard InChI is InChI=1S/C8H7ClNO2/c1-2-6-3-4-7(9)8(5-6)10(11)12/h2-5H,1H3. The van der Waals surface area contributed by atoms with Crippen LogP contribution in [0.15, 0.2) is 18.2 Å². The number of benzene rings is 1. The van der Waals surface area contributed by atoms with Crippen molar-refractivity contribution in [2.45, 2.75) is 6.92 Å². The fourth-order valence-electron chi connectivity index (χ4n) is 0.849. The fourth-order valence-corrected chi connectivity index (χ4v) is 1.04. The van der Waals surface area contributed by atoms with E-state index in [1.807, 2.05) is 6.92 Å². The Labute approximate surface area is 75.1 Å². The summed E-state index contributed by atoms with van der Waals surface area (Å²) >= 11 is 5.59. The Morgan fingerprint density at radius 3 is 2.75 bits per heavy atom. The fraction of sp³-hybridized carbons (Fsp3) is 0.125. The lowest BCUT2D eigenvalue weighted by Gasteiger charge is -1.97. The van der Waals surface area contributed by atoms with E-state index in [-0.39, 0.29) is 10.7 Å². The molecule has 0 aliphatic rings. The van der Waals surface area contributed by atoms with Crippen molar-refractivity contribution in [1.29, 1.82) is 0 Å². The van der Waals surface area contributed by atoms with Crippen LogP contribution in [0.1, 0.15) is 12.5 Å². The Balaban J connectivity index is 3.17. The molecule has 1 radical (unpaired) electrons. The van der Waals surface area contributed by atoms with Crippen molar-refractivity contribution in [3.63, 3.8) is 0 Å². The van der Waals surface area contributed by atoms with Crippen LogP contribution in [-0.4, -0.2) is 4.92 Å². The number of rotatable bonds is 2. The molecule has 0 amide bonds. The molecule has 0 saturated heterocycles. The van der Waals surface area contributed by atoms with Crippen molar-refractivity contribution < 1.29 is 4.92 Å². The molecule has 3 nitrogen and oxygen atoms in total. The average Bonchev–Trinajstić information content (AvgIpc) is 2.05. The summed E-state index contributed by atoms with van der Waals surface area (Å²) in [5.41, 5.74) is 0.748. The predicted octanol–water partition coefficient (Wildman–Crippen LogP) is 2.82. The van der Waals surface area contributed by atoms with Gasteiger partial charge in [0, 0.05) is 6.07 Å². The first-order valence-electron chi connectivity index (χ1n) is 3.38. The van der Waals surface area contributed by atoms with Crippen LogP contribution < -0.4 is 0 Å². The highest BCUT2D eigenvalue weighted by Gasteiger charge is 2.11. The first-order valence-corrected chi connectivity index (χ1v) is 3.76. The van der Waals surface area contributed by atoms with E-state index in [1.165, 1.54) is 12.1 Å². The zero-order valence-corrected chi connectivity index (χ0v) is 7.21. The van der Waals surface area contributed by atoms with Crippen LogP contribution in [0.25, 0.3) is 0 Å². The molecule has 0 N–H and O–H groups in total. The van der Waals surface area contributed by atoms with E-state index in [4.69, 9.17) is 11.6 Å². The first kappa shape index (κ1) is 9.00. The lowest BCUT2D eigenvalue weighted by molar-refractivity contribution is -0.384. The zero-order chi connectivity index (χ0) is 9.14. The van der Waals surface area contributed by atoms with Gasteiger partial charge in [-0.15, -0.1) is 0 Å². The largest absolute Gasteiger partial charge is 0.288 e. The van der Waals surface area contributed by atoms with Gasteiger partial charge in [-0.2, -0.15) is 0 Å². The number of nitrogens with zero attached hydrogens (tertiary/aromatic N) is 1. The average molecular weight is 185 g/mol. The van der Waals surface area contributed by atoms with Crippen molar-refractivity contribution in [2.75, 3.05) is 0 Å². The molecule has 0 fully saturated rings. The van der Waals surface area contributed by atoms with Crippen LogP contribution in [0.5, 0.6) is 0 Å². The van der Waals surface area contributed by atoms with Crippen LogP contribution >= 0.6 is 11.6 Å². The molecule has 0 unspecified atom stereocenters. The molecule has 4 heteroatoms. The number of hydrogen-bond acceptors (Lipinski definition) is 2. The van der Waals surface area contributed by atoms with Gasteiger partial charge < -0.3 is 0 Å². The predicted molar refractivity (Wildman–Crippen MR) is 47.2 cm³/mol. The van der Waals surface area contributed by atoms with Crippen molar-refractivity contribution in [2.24, 2.45) is 0 Å². The third kappa shape index (κ3) is 1.74. The molecule has 0 spiro atoms. The number of hydrogen-bond donors (Lipinski definition) is 0. The first-order chi connectivity index (χ1) is 5.65. The minimum atomic E-state index is -0.491. The smallest absolute Gasteiger partial charge is 0.258 e. The Morgan fingerprint density at radius 2 is 2.25 bits per heavy atom. The van der Waals surface area contributed by atoms with Gasteiger partial charge in [-0.05, 0) is 18.1 Å². The monoisotopic (exact) mass is 184 g/mol. The molecular formula is C8H7ClNO2. The van der Waals surface area contributed by atoms with E-state index < -0.39 is 4.92 Å². The lowest BCUT2D eigenvalue weighted by atomic mass is 10.1. The van der Waals surface area contributed by atoms with E-state index in [9.17, 15) is 10.1 Å². The second-order valence-corrected chi connectivity index (χ2v) is 2.66. The summed E-state index contributed by atoms with van der Waals surface area (Å²) in [6.45, 7) is 1.81. The Kier molecular flexibility index (Phi) is 2.65. The quantitative estimate of drug-likeness (QED) is 0.524. The molecule has 1 aromatic rings. The number of nitro groups is 1. The Hall–Kier alpha value is -1.09. The minimum absolute atomic E-state index is 0.0488. The van der Waals surface area contributed by atoms with Crippen molar-refractivity contribution in [1.82, 2.24) is 0 Å². The number of halogens is 1. The summed E-state index contributed by atoms with van der Waals surface area (Å²) in [5.74, 6) is 0. The lowest BCUT2D eigenvalue weighted by Crippen LogP contribution is -1.90. The van der Waals surface area contributed by atoms with Gasteiger partial charge in [0.25, 0.3) is 5.69 Å². The van der Waals surface area contributed by atoms with Gasteiger partial charge in [-0.1, -0.05) is 24.6 Å². The summed E-state index contributed by atoms with van der Waals surface area (Å²) in [7, 11) is 0. The molecule has 0 aromatic heterocycles. The summed E-state index contributed by atoms with van der Waals surface area (Å²) < 4.78 is 0. The highest BCUT2D eigenvalue weighted by Crippen LogP contribution is 2.25. The van der Waals surface area contributed by atoms with Gasteiger partial charge >= 0.3 is 0 Å². The van der Waals surface area contributed by atoms with E-state index in [2.05, 4.69) is 0 Å². The normalized spacial score (nSPS) is 9.83. The van der Waals surface area contributed by atoms with Gasteiger partial charge in [0.1, 0.15) is 5.02 Å². The summed E-state index contributed by atoms with van der Waals surface area (Å²) in [5, 5.41) is 10.6. The molecule has 1 aromatic carbocycles. The van der Waals surface area contributed by atoms with Crippen LogP contribution in [0.4, 0.5) is 5.69 Å². The molecule has 0 atom stereocenters. The molecule has 0 aliphatic heterocycles. The highest BCUT2D eigenvalue weighted by molar-refractivity contribution is 6.32. The maximum absolute atomic E-state index is 10.4. The van der Waals surface area contributed by atoms with Crippen molar-refractivity contribution in [3.05, 3.63) is 45.3 Å².